The molecule has 0 saturated heterocycles. The molecule has 0 bridgehead atoms. The van der Waals surface area contributed by atoms with Gasteiger partial charge >= 0.3 is 0 Å². The standard InChI is InChI=1S/C13H19NO/c1-3-4-10-14-11-13(2,15)12-8-6-5-7-9-12/h3,5-9,14-15H,1,4,10-11H2,2H3. The van der Waals surface area contributed by atoms with Crippen LogP contribution in [0, 0.1) is 0 Å². The van der Waals surface area contributed by atoms with E-state index in [2.05, 4.69) is 11.9 Å². The van der Waals surface area contributed by atoms with Gasteiger partial charge in [0, 0.05) is 6.54 Å². The van der Waals surface area contributed by atoms with Crippen LogP contribution in [0.2, 0.25) is 0 Å². The maximum Gasteiger partial charge on any atom is 0.0992 e. The Morgan fingerprint density at radius 1 is 1.40 bits per heavy atom. The molecule has 0 aliphatic heterocycles. The molecule has 2 heteroatoms. The summed E-state index contributed by atoms with van der Waals surface area (Å²) in [4.78, 5) is 0. The lowest BCUT2D eigenvalue weighted by atomic mass is 9.96. The number of hydrogen-bond acceptors (Lipinski definition) is 2. The van der Waals surface area contributed by atoms with E-state index in [0.29, 0.717) is 6.54 Å². The van der Waals surface area contributed by atoms with Crippen LogP contribution >= 0.6 is 0 Å². The first-order chi connectivity index (χ1) is 7.17. The Bertz CT molecular complexity index is 293. The second-order valence-corrected chi connectivity index (χ2v) is 3.89. The van der Waals surface area contributed by atoms with E-state index in [9.17, 15) is 5.11 Å². The van der Waals surface area contributed by atoms with Gasteiger partial charge in [-0.2, -0.15) is 0 Å². The van der Waals surface area contributed by atoms with Crippen LogP contribution in [0.1, 0.15) is 18.9 Å². The molecule has 0 aromatic heterocycles. The fraction of sp³-hybridized carbons (Fsp3) is 0.385. The van der Waals surface area contributed by atoms with Crippen molar-refractivity contribution in [3.05, 3.63) is 48.6 Å². The minimum absolute atomic E-state index is 0.560. The van der Waals surface area contributed by atoms with E-state index in [-0.39, 0.29) is 0 Å². The summed E-state index contributed by atoms with van der Waals surface area (Å²) in [5.74, 6) is 0. The van der Waals surface area contributed by atoms with Crippen molar-refractivity contribution in [1.29, 1.82) is 0 Å². The molecule has 1 atom stereocenters. The lowest BCUT2D eigenvalue weighted by Gasteiger charge is -2.24. The summed E-state index contributed by atoms with van der Waals surface area (Å²) in [6.07, 6.45) is 2.79. The van der Waals surface area contributed by atoms with E-state index in [0.717, 1.165) is 18.5 Å². The molecule has 0 aliphatic rings. The van der Waals surface area contributed by atoms with Crippen LogP contribution in [0.5, 0.6) is 0 Å². The Morgan fingerprint density at radius 3 is 2.67 bits per heavy atom. The summed E-state index contributed by atoms with van der Waals surface area (Å²) in [6, 6.07) is 9.70. The van der Waals surface area contributed by atoms with Gasteiger partial charge in [0.05, 0.1) is 5.60 Å². The molecule has 1 rings (SSSR count). The van der Waals surface area contributed by atoms with E-state index in [1.807, 2.05) is 43.3 Å². The van der Waals surface area contributed by atoms with Gasteiger partial charge in [0.1, 0.15) is 0 Å². The Morgan fingerprint density at radius 2 is 2.07 bits per heavy atom. The van der Waals surface area contributed by atoms with Crippen molar-refractivity contribution in [1.82, 2.24) is 5.32 Å². The van der Waals surface area contributed by atoms with Crippen molar-refractivity contribution in [2.45, 2.75) is 18.9 Å². The zero-order valence-corrected chi connectivity index (χ0v) is 9.24. The summed E-state index contributed by atoms with van der Waals surface area (Å²) in [6.45, 7) is 6.89. The second-order valence-electron chi connectivity index (χ2n) is 3.89. The fourth-order valence-corrected chi connectivity index (χ4v) is 1.44. The third-order valence-corrected chi connectivity index (χ3v) is 2.39. The topological polar surface area (TPSA) is 32.3 Å². The van der Waals surface area contributed by atoms with Crippen molar-refractivity contribution in [3.8, 4) is 0 Å². The van der Waals surface area contributed by atoms with Crippen molar-refractivity contribution in [3.63, 3.8) is 0 Å². The van der Waals surface area contributed by atoms with E-state index < -0.39 is 5.60 Å². The average molecular weight is 205 g/mol. The first-order valence-electron chi connectivity index (χ1n) is 5.26. The predicted molar refractivity (Wildman–Crippen MR) is 63.7 cm³/mol. The van der Waals surface area contributed by atoms with Gasteiger partial charge in [0.15, 0.2) is 0 Å². The lowest BCUT2D eigenvalue weighted by molar-refractivity contribution is 0.0573. The van der Waals surface area contributed by atoms with Gasteiger partial charge in [-0.3, -0.25) is 0 Å². The van der Waals surface area contributed by atoms with Gasteiger partial charge in [-0.25, -0.2) is 0 Å². The molecule has 0 heterocycles. The van der Waals surface area contributed by atoms with E-state index in [1.54, 1.807) is 0 Å². The maximum absolute atomic E-state index is 10.2. The number of rotatable bonds is 6. The van der Waals surface area contributed by atoms with Crippen LogP contribution in [0.4, 0.5) is 0 Å². The normalized spacial score (nSPS) is 14.5. The van der Waals surface area contributed by atoms with Crippen molar-refractivity contribution < 1.29 is 5.11 Å². The van der Waals surface area contributed by atoms with Crippen LogP contribution in [-0.4, -0.2) is 18.2 Å². The van der Waals surface area contributed by atoms with Gasteiger partial charge in [0.25, 0.3) is 0 Å². The first kappa shape index (κ1) is 12.0. The van der Waals surface area contributed by atoms with Crippen molar-refractivity contribution >= 4 is 0 Å². The highest BCUT2D eigenvalue weighted by Crippen LogP contribution is 2.18. The molecule has 82 valence electrons. The Balaban J connectivity index is 2.48. The van der Waals surface area contributed by atoms with Crippen LogP contribution in [-0.2, 0) is 5.60 Å². The zero-order chi connectivity index (χ0) is 11.1. The number of hydrogen-bond donors (Lipinski definition) is 2. The molecule has 1 unspecified atom stereocenters. The molecule has 1 aromatic rings. The molecule has 0 aliphatic carbocycles. The predicted octanol–water partition coefficient (Wildman–Crippen LogP) is 2.06. The quantitative estimate of drug-likeness (QED) is 0.550. The number of benzene rings is 1. The van der Waals surface area contributed by atoms with Gasteiger partial charge in [-0.05, 0) is 25.5 Å². The Hall–Kier alpha value is -1.12. The van der Waals surface area contributed by atoms with Crippen molar-refractivity contribution in [2.75, 3.05) is 13.1 Å². The van der Waals surface area contributed by atoms with Crippen LogP contribution < -0.4 is 5.32 Å². The van der Waals surface area contributed by atoms with Gasteiger partial charge in [-0.1, -0.05) is 36.4 Å². The fourth-order valence-electron chi connectivity index (χ4n) is 1.44. The Kier molecular flexibility index (Phi) is 4.53. The molecule has 0 fully saturated rings. The van der Waals surface area contributed by atoms with Crippen LogP contribution in [0.3, 0.4) is 0 Å². The molecular formula is C13H19NO. The van der Waals surface area contributed by atoms with E-state index in [4.69, 9.17) is 0 Å². The number of nitrogens with one attached hydrogen (secondary N) is 1. The highest BCUT2D eigenvalue weighted by molar-refractivity contribution is 5.21. The average Bonchev–Trinajstić information content (AvgIpc) is 2.26. The first-order valence-corrected chi connectivity index (χ1v) is 5.26. The molecule has 0 amide bonds. The van der Waals surface area contributed by atoms with E-state index >= 15 is 0 Å². The summed E-state index contributed by atoms with van der Waals surface area (Å²) in [7, 11) is 0. The zero-order valence-electron chi connectivity index (χ0n) is 9.24. The molecular weight excluding hydrogens is 186 g/mol. The lowest BCUT2D eigenvalue weighted by Crippen LogP contribution is -2.35. The second kappa shape index (κ2) is 5.69. The van der Waals surface area contributed by atoms with Gasteiger partial charge in [-0.15, -0.1) is 6.58 Å². The summed E-state index contributed by atoms with van der Waals surface area (Å²) in [5, 5.41) is 13.4. The minimum atomic E-state index is -0.803. The summed E-state index contributed by atoms with van der Waals surface area (Å²) < 4.78 is 0. The summed E-state index contributed by atoms with van der Waals surface area (Å²) in [5.41, 5.74) is 0.138. The molecule has 2 nitrogen and oxygen atoms in total. The maximum atomic E-state index is 10.2. The third-order valence-electron chi connectivity index (χ3n) is 2.39. The molecule has 1 aromatic carbocycles. The summed E-state index contributed by atoms with van der Waals surface area (Å²) >= 11 is 0. The molecule has 2 N–H and O–H groups in total. The third kappa shape index (κ3) is 3.86. The van der Waals surface area contributed by atoms with E-state index in [1.165, 1.54) is 0 Å². The SMILES string of the molecule is C=CCCNCC(C)(O)c1ccccc1. The molecule has 0 radical (unpaired) electrons. The van der Waals surface area contributed by atoms with Gasteiger partial charge in [0.2, 0.25) is 0 Å². The smallest absolute Gasteiger partial charge is 0.0992 e. The monoisotopic (exact) mass is 205 g/mol. The number of aliphatic hydroxyl groups is 1. The molecule has 15 heavy (non-hydrogen) atoms. The highest BCUT2D eigenvalue weighted by atomic mass is 16.3. The largest absolute Gasteiger partial charge is 0.384 e. The molecule has 0 saturated carbocycles. The highest BCUT2D eigenvalue weighted by Gasteiger charge is 2.21. The minimum Gasteiger partial charge on any atom is -0.384 e. The van der Waals surface area contributed by atoms with Crippen LogP contribution in [0.25, 0.3) is 0 Å². The van der Waals surface area contributed by atoms with Crippen molar-refractivity contribution in [2.24, 2.45) is 0 Å². The molecule has 0 spiro atoms. The van der Waals surface area contributed by atoms with Crippen LogP contribution in [0.15, 0.2) is 43.0 Å². The Labute approximate surface area is 91.6 Å². The van der Waals surface area contributed by atoms with Gasteiger partial charge < -0.3 is 10.4 Å².